The number of sulfonamides is 1. The predicted octanol–water partition coefficient (Wildman–Crippen LogP) is 1.54. The van der Waals surface area contributed by atoms with E-state index < -0.39 is 27.0 Å². The van der Waals surface area contributed by atoms with Crippen LogP contribution < -0.4 is 9.88 Å². The minimum absolute atomic E-state index is 0.423. The first-order valence-corrected chi connectivity index (χ1v) is 5.53. The molecular weight excluding hydrogens is 247 g/mol. The average molecular weight is 255 g/mol. The number of benzene rings is 1. The highest BCUT2D eigenvalue weighted by Gasteiger charge is 2.33. The molecule has 4 nitrogen and oxygen atoms in total. The molecule has 8 heteroatoms. The van der Waals surface area contributed by atoms with Crippen LogP contribution in [0.4, 0.5) is 13.2 Å². The number of alkyl halides is 3. The fraction of sp³-hybridized carbons (Fsp3) is 0.250. The molecule has 0 saturated heterocycles. The Balaban J connectivity index is 3.30. The topological polar surface area (TPSA) is 69.4 Å². The fourth-order valence-electron chi connectivity index (χ4n) is 1.05. The highest BCUT2D eigenvalue weighted by atomic mass is 32.2. The Morgan fingerprint density at radius 3 is 2.31 bits per heavy atom. The van der Waals surface area contributed by atoms with Gasteiger partial charge in [0.1, 0.15) is 10.6 Å². The Bertz CT molecular complexity index is 496. The largest absolute Gasteiger partial charge is 0.573 e. The van der Waals surface area contributed by atoms with Gasteiger partial charge in [-0.25, -0.2) is 13.6 Å². The first-order valence-electron chi connectivity index (χ1n) is 3.99. The summed E-state index contributed by atoms with van der Waals surface area (Å²) in [5.41, 5.74) is 0.423. The SMILES string of the molecule is Cc1ccc(S(N)(=O)=O)c(OC(F)(F)F)c1. The van der Waals surface area contributed by atoms with Crippen LogP contribution in [-0.2, 0) is 10.0 Å². The minimum Gasteiger partial charge on any atom is -0.404 e. The zero-order chi connectivity index (χ0) is 12.6. The lowest BCUT2D eigenvalue weighted by atomic mass is 10.2. The summed E-state index contributed by atoms with van der Waals surface area (Å²) in [5, 5.41) is 4.75. The Morgan fingerprint density at radius 1 is 1.31 bits per heavy atom. The zero-order valence-corrected chi connectivity index (χ0v) is 8.89. The van der Waals surface area contributed by atoms with Gasteiger partial charge in [-0.15, -0.1) is 13.2 Å². The van der Waals surface area contributed by atoms with E-state index in [1.807, 2.05) is 0 Å². The van der Waals surface area contributed by atoms with Gasteiger partial charge in [-0.2, -0.15) is 0 Å². The van der Waals surface area contributed by atoms with Crippen molar-refractivity contribution in [1.82, 2.24) is 0 Å². The smallest absolute Gasteiger partial charge is 0.404 e. The second kappa shape index (κ2) is 3.95. The van der Waals surface area contributed by atoms with Gasteiger partial charge in [-0.1, -0.05) is 6.07 Å². The van der Waals surface area contributed by atoms with Crippen molar-refractivity contribution in [1.29, 1.82) is 0 Å². The molecule has 0 fully saturated rings. The highest BCUT2D eigenvalue weighted by molar-refractivity contribution is 7.89. The van der Waals surface area contributed by atoms with E-state index >= 15 is 0 Å². The van der Waals surface area contributed by atoms with E-state index in [0.29, 0.717) is 5.56 Å². The minimum atomic E-state index is -4.97. The van der Waals surface area contributed by atoms with Gasteiger partial charge in [0, 0.05) is 0 Å². The van der Waals surface area contributed by atoms with Gasteiger partial charge >= 0.3 is 6.36 Å². The van der Waals surface area contributed by atoms with Crippen molar-refractivity contribution in [2.75, 3.05) is 0 Å². The molecule has 0 unspecified atom stereocenters. The number of aryl methyl sites for hydroxylation is 1. The molecule has 16 heavy (non-hydrogen) atoms. The lowest BCUT2D eigenvalue weighted by Gasteiger charge is -2.12. The van der Waals surface area contributed by atoms with Crippen molar-refractivity contribution >= 4 is 10.0 Å². The third kappa shape index (κ3) is 3.38. The van der Waals surface area contributed by atoms with E-state index in [1.54, 1.807) is 0 Å². The van der Waals surface area contributed by atoms with Crippen LogP contribution in [0.25, 0.3) is 0 Å². The third-order valence-electron chi connectivity index (χ3n) is 1.63. The lowest BCUT2D eigenvalue weighted by Crippen LogP contribution is -2.21. The van der Waals surface area contributed by atoms with Crippen molar-refractivity contribution in [3.05, 3.63) is 23.8 Å². The Labute approximate surface area is 89.9 Å². The molecule has 0 amide bonds. The standard InChI is InChI=1S/C8H8F3NO3S/c1-5-2-3-7(16(12,13)14)6(4-5)15-8(9,10)11/h2-4H,1H3,(H2,12,13,14). The first-order chi connectivity index (χ1) is 7.09. The maximum absolute atomic E-state index is 12.0. The number of hydrogen-bond acceptors (Lipinski definition) is 3. The van der Waals surface area contributed by atoms with Crippen LogP contribution in [0.1, 0.15) is 5.56 Å². The summed E-state index contributed by atoms with van der Waals surface area (Å²) in [6, 6.07) is 3.24. The van der Waals surface area contributed by atoms with Crippen LogP contribution in [0.3, 0.4) is 0 Å². The number of ether oxygens (including phenoxy) is 1. The monoisotopic (exact) mass is 255 g/mol. The molecule has 1 aromatic rings. The van der Waals surface area contributed by atoms with Gasteiger partial charge in [-0.05, 0) is 24.6 Å². The molecule has 0 heterocycles. The van der Waals surface area contributed by atoms with Crippen molar-refractivity contribution < 1.29 is 26.3 Å². The van der Waals surface area contributed by atoms with Gasteiger partial charge < -0.3 is 4.74 Å². The van der Waals surface area contributed by atoms with Crippen LogP contribution >= 0.6 is 0 Å². The van der Waals surface area contributed by atoms with Crippen molar-refractivity contribution in [2.24, 2.45) is 5.14 Å². The molecule has 0 aliphatic heterocycles. The number of hydrogen-bond donors (Lipinski definition) is 1. The summed E-state index contributed by atoms with van der Waals surface area (Å²) in [6.07, 6.45) is -4.97. The van der Waals surface area contributed by atoms with E-state index in [0.717, 1.165) is 12.1 Å². The van der Waals surface area contributed by atoms with Gasteiger partial charge in [0.15, 0.2) is 0 Å². The second-order valence-corrected chi connectivity index (χ2v) is 4.57. The molecule has 0 spiro atoms. The van der Waals surface area contributed by atoms with Crippen LogP contribution in [0.2, 0.25) is 0 Å². The molecule has 0 radical (unpaired) electrons. The molecule has 90 valence electrons. The van der Waals surface area contributed by atoms with Crippen LogP contribution in [0, 0.1) is 6.92 Å². The Kier molecular flexibility index (Phi) is 3.15. The van der Waals surface area contributed by atoms with Gasteiger partial charge in [0.05, 0.1) is 0 Å². The molecule has 0 bridgehead atoms. The highest BCUT2D eigenvalue weighted by Crippen LogP contribution is 2.29. The van der Waals surface area contributed by atoms with Crippen molar-refractivity contribution in [3.8, 4) is 5.75 Å². The predicted molar refractivity (Wildman–Crippen MR) is 49.2 cm³/mol. The first kappa shape index (κ1) is 12.8. The zero-order valence-electron chi connectivity index (χ0n) is 8.08. The number of rotatable bonds is 2. The summed E-state index contributed by atoms with van der Waals surface area (Å²) in [6.45, 7) is 1.50. The fourth-order valence-corrected chi connectivity index (χ4v) is 1.69. The van der Waals surface area contributed by atoms with E-state index in [9.17, 15) is 21.6 Å². The average Bonchev–Trinajstić information content (AvgIpc) is 1.97. The van der Waals surface area contributed by atoms with Gasteiger partial charge in [-0.3, -0.25) is 0 Å². The van der Waals surface area contributed by atoms with Crippen LogP contribution in [0.5, 0.6) is 5.75 Å². The molecule has 1 aromatic carbocycles. The molecule has 0 aliphatic carbocycles. The molecule has 0 saturated carbocycles. The van der Waals surface area contributed by atoms with E-state index in [1.165, 1.54) is 13.0 Å². The quantitative estimate of drug-likeness (QED) is 0.871. The summed E-state index contributed by atoms with van der Waals surface area (Å²) >= 11 is 0. The molecule has 2 N–H and O–H groups in total. The molecule has 1 rings (SSSR count). The van der Waals surface area contributed by atoms with Crippen molar-refractivity contribution in [2.45, 2.75) is 18.2 Å². The van der Waals surface area contributed by atoms with Gasteiger partial charge in [0.25, 0.3) is 0 Å². The van der Waals surface area contributed by atoms with E-state index in [4.69, 9.17) is 5.14 Å². The lowest BCUT2D eigenvalue weighted by molar-refractivity contribution is -0.275. The van der Waals surface area contributed by atoms with Crippen LogP contribution in [-0.4, -0.2) is 14.8 Å². The summed E-state index contributed by atoms with van der Waals surface area (Å²) < 4.78 is 61.5. The Morgan fingerprint density at radius 2 is 1.88 bits per heavy atom. The Hall–Kier alpha value is -1.28. The molecule has 0 aliphatic rings. The maximum Gasteiger partial charge on any atom is 0.573 e. The summed E-state index contributed by atoms with van der Waals surface area (Å²) in [7, 11) is -4.25. The molecular formula is C8H8F3NO3S. The summed E-state index contributed by atoms with van der Waals surface area (Å²) in [5.74, 6) is -0.824. The van der Waals surface area contributed by atoms with E-state index in [-0.39, 0.29) is 0 Å². The van der Waals surface area contributed by atoms with E-state index in [2.05, 4.69) is 4.74 Å². The molecule has 0 aromatic heterocycles. The van der Waals surface area contributed by atoms with Crippen molar-refractivity contribution in [3.63, 3.8) is 0 Å². The second-order valence-electron chi connectivity index (χ2n) is 3.04. The molecule has 0 atom stereocenters. The third-order valence-corrected chi connectivity index (χ3v) is 2.58. The normalized spacial score (nSPS) is 12.6. The number of nitrogens with two attached hydrogens (primary N) is 1. The van der Waals surface area contributed by atoms with Crippen LogP contribution in [0.15, 0.2) is 23.1 Å². The number of primary sulfonamides is 1. The summed E-state index contributed by atoms with van der Waals surface area (Å²) in [4.78, 5) is -0.699. The maximum atomic E-state index is 12.0. The van der Waals surface area contributed by atoms with Gasteiger partial charge in [0.2, 0.25) is 10.0 Å². The number of halogens is 3.